The van der Waals surface area contributed by atoms with Crippen LogP contribution in [0.4, 0.5) is 11.8 Å². The highest BCUT2D eigenvalue weighted by Crippen LogP contribution is 2.11. The van der Waals surface area contributed by atoms with Gasteiger partial charge in [0.05, 0.1) is 6.54 Å². The lowest BCUT2D eigenvalue weighted by molar-refractivity contribution is 0.609. The third-order valence-corrected chi connectivity index (χ3v) is 2.64. The van der Waals surface area contributed by atoms with Gasteiger partial charge in [-0.1, -0.05) is 0 Å². The van der Waals surface area contributed by atoms with E-state index >= 15 is 0 Å². The van der Waals surface area contributed by atoms with E-state index in [1.807, 2.05) is 49.1 Å². The van der Waals surface area contributed by atoms with Gasteiger partial charge in [0, 0.05) is 46.3 Å². The summed E-state index contributed by atoms with van der Waals surface area (Å²) in [6, 6.07) is 3.84. The third-order valence-electron chi connectivity index (χ3n) is 2.64. The van der Waals surface area contributed by atoms with Crippen molar-refractivity contribution in [1.82, 2.24) is 19.7 Å². The first-order valence-electron chi connectivity index (χ1n) is 5.86. The Labute approximate surface area is 107 Å². The summed E-state index contributed by atoms with van der Waals surface area (Å²) in [5.41, 5.74) is 0. The van der Waals surface area contributed by atoms with Crippen molar-refractivity contribution in [3.8, 4) is 0 Å². The monoisotopic (exact) mass is 246 g/mol. The van der Waals surface area contributed by atoms with Gasteiger partial charge in [0.1, 0.15) is 5.82 Å². The summed E-state index contributed by atoms with van der Waals surface area (Å²) in [5, 5.41) is 4.18. The van der Waals surface area contributed by atoms with Crippen molar-refractivity contribution in [2.24, 2.45) is 0 Å². The van der Waals surface area contributed by atoms with Crippen molar-refractivity contribution in [3.05, 3.63) is 30.7 Å². The van der Waals surface area contributed by atoms with E-state index in [-0.39, 0.29) is 0 Å². The van der Waals surface area contributed by atoms with Crippen LogP contribution in [0.25, 0.3) is 0 Å². The average Bonchev–Trinajstić information content (AvgIpc) is 2.89. The standard InChI is InChI=1S/C12H18N6/c1-16(2)12-13-7-5-11(15-12)17(3)9-10-18-8-4-6-14-18/h4-8H,9-10H2,1-3H3. The van der Waals surface area contributed by atoms with Crippen LogP contribution in [0.2, 0.25) is 0 Å². The summed E-state index contributed by atoms with van der Waals surface area (Å²) < 4.78 is 1.91. The molecule has 0 aliphatic rings. The van der Waals surface area contributed by atoms with Crippen LogP contribution in [0.15, 0.2) is 30.7 Å². The van der Waals surface area contributed by atoms with E-state index in [4.69, 9.17) is 0 Å². The zero-order chi connectivity index (χ0) is 13.0. The zero-order valence-corrected chi connectivity index (χ0v) is 11.0. The first-order valence-corrected chi connectivity index (χ1v) is 5.86. The molecular formula is C12H18N6. The summed E-state index contributed by atoms with van der Waals surface area (Å²) in [4.78, 5) is 12.7. The highest BCUT2D eigenvalue weighted by atomic mass is 15.3. The fourth-order valence-corrected chi connectivity index (χ4v) is 1.57. The maximum Gasteiger partial charge on any atom is 0.226 e. The minimum atomic E-state index is 0.721. The molecule has 2 aromatic heterocycles. The molecule has 0 atom stereocenters. The van der Waals surface area contributed by atoms with Gasteiger partial charge >= 0.3 is 0 Å². The lowest BCUT2D eigenvalue weighted by Crippen LogP contribution is -2.24. The normalized spacial score (nSPS) is 10.4. The topological polar surface area (TPSA) is 50.1 Å². The molecule has 2 rings (SSSR count). The molecule has 0 aliphatic carbocycles. The van der Waals surface area contributed by atoms with E-state index in [1.54, 1.807) is 12.4 Å². The average molecular weight is 246 g/mol. The fraction of sp³-hybridized carbons (Fsp3) is 0.417. The lowest BCUT2D eigenvalue weighted by atomic mass is 10.5. The SMILES string of the molecule is CN(C)c1nccc(N(C)CCn2cccn2)n1. The van der Waals surface area contributed by atoms with Crippen LogP contribution in [0.1, 0.15) is 0 Å². The molecule has 0 bridgehead atoms. The van der Waals surface area contributed by atoms with E-state index in [0.717, 1.165) is 24.9 Å². The predicted octanol–water partition coefficient (Wildman–Crippen LogP) is 0.875. The Balaban J connectivity index is 1.99. The fourth-order valence-electron chi connectivity index (χ4n) is 1.57. The molecule has 18 heavy (non-hydrogen) atoms. The van der Waals surface area contributed by atoms with Crippen LogP contribution in [-0.2, 0) is 6.54 Å². The van der Waals surface area contributed by atoms with Crippen molar-refractivity contribution in [1.29, 1.82) is 0 Å². The van der Waals surface area contributed by atoms with Gasteiger partial charge in [0.15, 0.2) is 0 Å². The highest BCUT2D eigenvalue weighted by Gasteiger charge is 2.05. The highest BCUT2D eigenvalue weighted by molar-refractivity contribution is 5.42. The second kappa shape index (κ2) is 5.48. The predicted molar refractivity (Wildman–Crippen MR) is 71.9 cm³/mol. The van der Waals surface area contributed by atoms with Crippen molar-refractivity contribution < 1.29 is 0 Å². The van der Waals surface area contributed by atoms with Gasteiger partial charge in [-0.15, -0.1) is 0 Å². The molecule has 0 spiro atoms. The van der Waals surface area contributed by atoms with E-state index in [2.05, 4.69) is 20.0 Å². The molecule has 0 saturated heterocycles. The Morgan fingerprint density at radius 2 is 2.06 bits per heavy atom. The largest absolute Gasteiger partial charge is 0.358 e. The van der Waals surface area contributed by atoms with Crippen LogP contribution in [0, 0.1) is 0 Å². The van der Waals surface area contributed by atoms with E-state index in [1.165, 1.54) is 0 Å². The zero-order valence-electron chi connectivity index (χ0n) is 11.0. The Bertz CT molecular complexity index is 479. The number of anilines is 2. The second-order valence-corrected chi connectivity index (χ2v) is 4.30. The maximum absolute atomic E-state index is 4.48. The summed E-state index contributed by atoms with van der Waals surface area (Å²) in [7, 11) is 5.89. The summed E-state index contributed by atoms with van der Waals surface area (Å²) in [6.07, 6.45) is 5.52. The van der Waals surface area contributed by atoms with Crippen molar-refractivity contribution >= 4 is 11.8 Å². The number of aromatic nitrogens is 4. The number of nitrogens with zero attached hydrogens (tertiary/aromatic N) is 6. The second-order valence-electron chi connectivity index (χ2n) is 4.30. The number of hydrogen-bond donors (Lipinski definition) is 0. The Kier molecular flexibility index (Phi) is 3.76. The molecule has 0 fully saturated rings. The Morgan fingerprint density at radius 3 is 2.72 bits per heavy atom. The molecule has 0 amide bonds. The minimum absolute atomic E-state index is 0.721. The van der Waals surface area contributed by atoms with Gasteiger partial charge in [-0.2, -0.15) is 10.1 Å². The molecule has 2 heterocycles. The van der Waals surface area contributed by atoms with Crippen molar-refractivity contribution in [3.63, 3.8) is 0 Å². The molecule has 2 aromatic rings. The van der Waals surface area contributed by atoms with Crippen LogP contribution >= 0.6 is 0 Å². The van der Waals surface area contributed by atoms with Gasteiger partial charge in [0.2, 0.25) is 5.95 Å². The van der Waals surface area contributed by atoms with Crippen LogP contribution < -0.4 is 9.80 Å². The Morgan fingerprint density at radius 1 is 1.22 bits per heavy atom. The molecular weight excluding hydrogens is 228 g/mol. The first kappa shape index (κ1) is 12.3. The minimum Gasteiger partial charge on any atom is -0.358 e. The summed E-state index contributed by atoms with van der Waals surface area (Å²) >= 11 is 0. The molecule has 0 radical (unpaired) electrons. The quantitative estimate of drug-likeness (QED) is 0.783. The number of likely N-dealkylation sites (N-methyl/N-ethyl adjacent to an activating group) is 1. The number of hydrogen-bond acceptors (Lipinski definition) is 5. The van der Waals surface area contributed by atoms with Gasteiger partial charge < -0.3 is 9.80 Å². The summed E-state index contributed by atoms with van der Waals surface area (Å²) in [5.74, 6) is 1.64. The molecule has 6 nitrogen and oxygen atoms in total. The third kappa shape index (κ3) is 2.97. The molecule has 0 aromatic carbocycles. The van der Waals surface area contributed by atoms with Crippen molar-refractivity contribution in [2.75, 3.05) is 37.5 Å². The summed E-state index contributed by atoms with van der Waals surface area (Å²) in [6.45, 7) is 1.69. The van der Waals surface area contributed by atoms with Gasteiger partial charge in [-0.05, 0) is 12.1 Å². The molecule has 0 unspecified atom stereocenters. The molecule has 96 valence electrons. The molecule has 0 aliphatic heterocycles. The van der Waals surface area contributed by atoms with Crippen LogP contribution in [0.3, 0.4) is 0 Å². The molecule has 0 N–H and O–H groups in total. The van der Waals surface area contributed by atoms with Gasteiger partial charge in [-0.25, -0.2) is 4.98 Å². The molecule has 0 saturated carbocycles. The van der Waals surface area contributed by atoms with E-state index in [0.29, 0.717) is 0 Å². The lowest BCUT2D eigenvalue weighted by Gasteiger charge is -2.19. The maximum atomic E-state index is 4.48. The van der Waals surface area contributed by atoms with Crippen molar-refractivity contribution in [2.45, 2.75) is 6.54 Å². The smallest absolute Gasteiger partial charge is 0.226 e. The molecule has 6 heteroatoms. The number of rotatable bonds is 5. The van der Waals surface area contributed by atoms with Gasteiger partial charge in [0.25, 0.3) is 0 Å². The van der Waals surface area contributed by atoms with Crippen LogP contribution in [-0.4, -0.2) is 47.4 Å². The van der Waals surface area contributed by atoms with Crippen LogP contribution in [0.5, 0.6) is 0 Å². The Hall–Kier alpha value is -2.11. The van der Waals surface area contributed by atoms with E-state index < -0.39 is 0 Å². The van der Waals surface area contributed by atoms with Gasteiger partial charge in [-0.3, -0.25) is 4.68 Å². The first-order chi connectivity index (χ1) is 8.66. The van der Waals surface area contributed by atoms with E-state index in [9.17, 15) is 0 Å².